The maximum Gasteiger partial charge on any atom is 0.223 e. The normalized spacial score (nSPS) is 22.4. The van der Waals surface area contributed by atoms with Crippen LogP contribution in [0.4, 0.5) is 11.6 Å². The minimum Gasteiger partial charge on any atom is -0.389 e. The Hall–Kier alpha value is -2.06. The van der Waals surface area contributed by atoms with Gasteiger partial charge < -0.3 is 15.2 Å². The molecule has 4 rings (SSSR count). The smallest absolute Gasteiger partial charge is 0.223 e. The quantitative estimate of drug-likeness (QED) is 0.734. The number of aliphatic hydroxyl groups is 1. The van der Waals surface area contributed by atoms with Crippen molar-refractivity contribution in [3.8, 4) is 11.3 Å². The zero-order valence-electron chi connectivity index (χ0n) is 16.9. The zero-order chi connectivity index (χ0) is 21.6. The fraction of sp³-hybridized carbons (Fsp3) is 0.429. The fourth-order valence-corrected chi connectivity index (χ4v) is 4.38. The van der Waals surface area contributed by atoms with Gasteiger partial charge in [0.15, 0.2) is 5.78 Å². The van der Waals surface area contributed by atoms with Crippen LogP contribution in [0.25, 0.3) is 11.3 Å². The summed E-state index contributed by atoms with van der Waals surface area (Å²) in [4.78, 5) is 25.4. The lowest BCUT2D eigenvalue weighted by Crippen LogP contribution is -2.42. The lowest BCUT2D eigenvalue weighted by atomic mass is 9.79. The van der Waals surface area contributed by atoms with Gasteiger partial charge in [0.2, 0.25) is 5.95 Å². The highest BCUT2D eigenvalue weighted by atomic mass is 35.5. The number of nitrogens with zero attached hydrogens (tertiary/aromatic N) is 3. The first-order chi connectivity index (χ1) is 14.2. The van der Waals surface area contributed by atoms with Crippen molar-refractivity contribution in [2.75, 3.05) is 18.5 Å². The van der Waals surface area contributed by atoms with Crippen molar-refractivity contribution < 1.29 is 14.6 Å². The molecule has 0 unspecified atom stereocenters. The molecule has 2 aromatic rings. The Morgan fingerprint density at radius 1 is 1.30 bits per heavy atom. The van der Waals surface area contributed by atoms with Crippen molar-refractivity contribution >= 4 is 46.3 Å². The molecule has 7 nitrogen and oxygen atoms in total. The van der Waals surface area contributed by atoms with Gasteiger partial charge >= 0.3 is 0 Å². The van der Waals surface area contributed by atoms with Gasteiger partial charge in [0.05, 0.1) is 52.1 Å². The number of aliphatic hydroxyl groups excluding tert-OH is 1. The number of benzene rings is 1. The average Bonchev–Trinajstić information content (AvgIpc) is 2.96. The molecule has 2 N–H and O–H groups in total. The molecule has 9 heteroatoms. The second kappa shape index (κ2) is 7.89. The van der Waals surface area contributed by atoms with Crippen molar-refractivity contribution in [3.05, 3.63) is 33.9 Å². The van der Waals surface area contributed by atoms with Crippen molar-refractivity contribution in [3.63, 3.8) is 0 Å². The molecule has 2 atom stereocenters. The van der Waals surface area contributed by atoms with Gasteiger partial charge in [0.25, 0.3) is 0 Å². The maximum absolute atomic E-state index is 12.1. The van der Waals surface area contributed by atoms with Crippen LogP contribution in [0.1, 0.15) is 32.8 Å². The standard InChI is InChI=1S/C21H22Cl2N4O3/c1-10(28)19-21(2,3)12-6-11(7-13(22)18(12)26-19)17-14(23)8-24-20(27-17)25-15-4-5-30-9-16(15)29/h6-8,15-16,29H,4-5,9H2,1-3H3,(H,24,25,27)/t15-,16-/m1/s1. The number of aliphatic imine (C=N–C) groups is 1. The fourth-order valence-electron chi connectivity index (χ4n) is 3.92. The van der Waals surface area contributed by atoms with Crippen LogP contribution in [0.5, 0.6) is 0 Å². The van der Waals surface area contributed by atoms with Crippen LogP contribution in [-0.2, 0) is 14.9 Å². The molecular formula is C21H22Cl2N4O3. The molecule has 1 saturated heterocycles. The van der Waals surface area contributed by atoms with Crippen molar-refractivity contribution in [2.45, 2.75) is 44.8 Å². The van der Waals surface area contributed by atoms with E-state index >= 15 is 0 Å². The van der Waals surface area contributed by atoms with Crippen molar-refractivity contribution in [1.82, 2.24) is 9.97 Å². The van der Waals surface area contributed by atoms with Gasteiger partial charge in [-0.05, 0) is 38.0 Å². The van der Waals surface area contributed by atoms with Crippen LogP contribution in [-0.4, -0.2) is 51.9 Å². The predicted octanol–water partition coefficient (Wildman–Crippen LogP) is 3.96. The number of carbonyl (C=O) groups excluding carboxylic acids is 1. The highest BCUT2D eigenvalue weighted by Gasteiger charge is 2.39. The first-order valence-corrected chi connectivity index (χ1v) is 10.4. The summed E-state index contributed by atoms with van der Waals surface area (Å²) in [5, 5.41) is 14.1. The lowest BCUT2D eigenvalue weighted by molar-refractivity contribution is -0.111. The third kappa shape index (κ3) is 3.71. The van der Waals surface area contributed by atoms with E-state index < -0.39 is 11.5 Å². The van der Waals surface area contributed by atoms with Crippen LogP contribution in [0.2, 0.25) is 10.0 Å². The SMILES string of the molecule is CC(=O)C1=Nc2c(Cl)cc(-c3nc(N[C@@H]4CCOC[C@H]4O)ncc3Cl)cc2C1(C)C. The Morgan fingerprint density at radius 3 is 2.77 bits per heavy atom. The number of Topliss-reactive ketones (excluding diaryl/α,β-unsaturated/α-hetero) is 1. The number of ketones is 1. The molecule has 0 saturated carbocycles. The van der Waals surface area contributed by atoms with Gasteiger partial charge in [-0.1, -0.05) is 23.2 Å². The van der Waals surface area contributed by atoms with E-state index in [0.717, 1.165) is 5.56 Å². The molecule has 158 valence electrons. The lowest BCUT2D eigenvalue weighted by Gasteiger charge is -2.28. The molecule has 2 aliphatic rings. The molecular weight excluding hydrogens is 427 g/mol. The number of rotatable bonds is 4. The van der Waals surface area contributed by atoms with Crippen molar-refractivity contribution in [1.29, 1.82) is 0 Å². The summed E-state index contributed by atoms with van der Waals surface area (Å²) in [6, 6.07) is 3.45. The van der Waals surface area contributed by atoms with Gasteiger partial charge in [-0.25, -0.2) is 15.0 Å². The number of aromatic nitrogens is 2. The molecule has 1 fully saturated rings. The summed E-state index contributed by atoms with van der Waals surface area (Å²) < 4.78 is 5.26. The topological polar surface area (TPSA) is 96.7 Å². The monoisotopic (exact) mass is 448 g/mol. The van der Waals surface area contributed by atoms with Gasteiger partial charge in [-0.2, -0.15) is 0 Å². The molecule has 2 aliphatic heterocycles. The molecule has 1 aromatic carbocycles. The van der Waals surface area contributed by atoms with Crippen LogP contribution in [0.15, 0.2) is 23.3 Å². The van der Waals surface area contributed by atoms with Crippen molar-refractivity contribution in [2.24, 2.45) is 4.99 Å². The number of halogens is 2. The van der Waals surface area contributed by atoms with Crippen LogP contribution >= 0.6 is 23.2 Å². The Bertz CT molecular complexity index is 1050. The van der Waals surface area contributed by atoms with E-state index in [4.69, 9.17) is 27.9 Å². The third-order valence-electron chi connectivity index (χ3n) is 5.54. The second-order valence-electron chi connectivity index (χ2n) is 8.07. The zero-order valence-corrected chi connectivity index (χ0v) is 18.4. The van der Waals surface area contributed by atoms with E-state index in [1.807, 2.05) is 19.9 Å². The summed E-state index contributed by atoms with van der Waals surface area (Å²) in [7, 11) is 0. The maximum atomic E-state index is 12.1. The van der Waals surface area contributed by atoms with E-state index in [1.54, 1.807) is 6.07 Å². The summed E-state index contributed by atoms with van der Waals surface area (Å²) in [5.41, 5.74) is 2.56. The molecule has 0 radical (unpaired) electrons. The van der Waals surface area contributed by atoms with Gasteiger partial charge in [0, 0.05) is 24.5 Å². The Kier molecular flexibility index (Phi) is 5.57. The molecule has 3 heterocycles. The average molecular weight is 449 g/mol. The van der Waals surface area contributed by atoms with E-state index in [1.165, 1.54) is 13.1 Å². The summed E-state index contributed by atoms with van der Waals surface area (Å²) in [5.74, 6) is 0.271. The summed E-state index contributed by atoms with van der Waals surface area (Å²) in [6.07, 6.45) is 1.52. The van der Waals surface area contributed by atoms with Gasteiger partial charge in [-0.3, -0.25) is 4.79 Å². The number of carbonyl (C=O) groups is 1. The van der Waals surface area contributed by atoms with E-state index in [0.29, 0.717) is 51.7 Å². The number of anilines is 1. The number of nitrogens with one attached hydrogen (secondary N) is 1. The molecule has 0 bridgehead atoms. The molecule has 30 heavy (non-hydrogen) atoms. The second-order valence-corrected chi connectivity index (χ2v) is 8.88. The molecule has 0 aliphatic carbocycles. The minimum absolute atomic E-state index is 0.0876. The highest BCUT2D eigenvalue weighted by Crippen LogP contribution is 2.46. The van der Waals surface area contributed by atoms with Crippen LogP contribution < -0.4 is 5.32 Å². The first kappa shape index (κ1) is 21.2. The Balaban J connectivity index is 1.72. The highest BCUT2D eigenvalue weighted by molar-refractivity contribution is 6.45. The van der Waals surface area contributed by atoms with E-state index in [2.05, 4.69) is 20.3 Å². The van der Waals surface area contributed by atoms with E-state index in [9.17, 15) is 9.90 Å². The Morgan fingerprint density at radius 2 is 2.07 bits per heavy atom. The summed E-state index contributed by atoms with van der Waals surface area (Å²) in [6.45, 7) is 6.22. The number of hydrogen-bond acceptors (Lipinski definition) is 7. The number of fused-ring (bicyclic) bond motifs is 1. The van der Waals surface area contributed by atoms with Gasteiger partial charge in [0.1, 0.15) is 0 Å². The van der Waals surface area contributed by atoms with Crippen LogP contribution in [0.3, 0.4) is 0 Å². The molecule has 0 amide bonds. The third-order valence-corrected chi connectivity index (χ3v) is 6.11. The Labute approximate surface area is 184 Å². The molecule has 1 aromatic heterocycles. The molecule has 0 spiro atoms. The predicted molar refractivity (Wildman–Crippen MR) is 117 cm³/mol. The number of hydrogen-bond donors (Lipinski definition) is 2. The van der Waals surface area contributed by atoms with E-state index in [-0.39, 0.29) is 18.4 Å². The van der Waals surface area contributed by atoms with Gasteiger partial charge in [-0.15, -0.1) is 0 Å². The number of ether oxygens (including phenoxy) is 1. The first-order valence-electron chi connectivity index (χ1n) is 9.68. The summed E-state index contributed by atoms with van der Waals surface area (Å²) >= 11 is 12.9. The minimum atomic E-state index is -0.640. The van der Waals surface area contributed by atoms with Crippen LogP contribution in [0, 0.1) is 0 Å². The largest absolute Gasteiger partial charge is 0.389 e.